The van der Waals surface area contributed by atoms with Crippen LogP contribution >= 0.6 is 0 Å². The number of amides is 3. The Hall–Kier alpha value is -3.47. The largest absolute Gasteiger partial charge is 0.452 e. The van der Waals surface area contributed by atoms with E-state index >= 15 is 0 Å². The van der Waals surface area contributed by atoms with E-state index in [1.807, 2.05) is 0 Å². The number of imide groups is 1. The van der Waals surface area contributed by atoms with Gasteiger partial charge >= 0.3 is 12.0 Å². The number of sulfonamides is 1. The number of halogens is 1. The second-order valence-electron chi connectivity index (χ2n) is 6.42. The molecule has 1 saturated heterocycles. The van der Waals surface area contributed by atoms with Gasteiger partial charge < -0.3 is 10.1 Å². The fourth-order valence-electron chi connectivity index (χ4n) is 2.73. The Labute approximate surface area is 171 Å². The van der Waals surface area contributed by atoms with Crippen molar-refractivity contribution in [2.24, 2.45) is 0 Å². The van der Waals surface area contributed by atoms with Crippen molar-refractivity contribution in [1.29, 1.82) is 0 Å². The second-order valence-corrected chi connectivity index (χ2v) is 8.10. The van der Waals surface area contributed by atoms with Gasteiger partial charge in [-0.15, -0.1) is 0 Å². The summed E-state index contributed by atoms with van der Waals surface area (Å²) in [6.07, 6.45) is 0. The van der Waals surface area contributed by atoms with Crippen LogP contribution < -0.4 is 10.0 Å². The highest BCUT2D eigenvalue weighted by Gasteiger charge is 2.27. The van der Waals surface area contributed by atoms with Crippen molar-refractivity contribution in [3.05, 3.63) is 59.4 Å². The van der Waals surface area contributed by atoms with Crippen LogP contribution in [0.5, 0.6) is 0 Å². The summed E-state index contributed by atoms with van der Waals surface area (Å²) in [4.78, 5) is 36.6. The molecule has 0 unspecified atom stereocenters. The predicted octanol–water partition coefficient (Wildman–Crippen LogP) is 1.64. The van der Waals surface area contributed by atoms with Gasteiger partial charge in [-0.25, -0.2) is 22.4 Å². The van der Waals surface area contributed by atoms with Crippen molar-refractivity contribution in [3.63, 3.8) is 0 Å². The molecule has 3 rings (SSSR count). The van der Waals surface area contributed by atoms with E-state index in [0.29, 0.717) is 6.54 Å². The van der Waals surface area contributed by atoms with Crippen molar-refractivity contribution >= 4 is 33.6 Å². The molecule has 0 spiro atoms. The van der Waals surface area contributed by atoms with E-state index in [1.165, 1.54) is 37.3 Å². The van der Waals surface area contributed by atoms with Crippen LogP contribution in [0.2, 0.25) is 0 Å². The molecule has 0 saturated carbocycles. The van der Waals surface area contributed by atoms with Crippen LogP contribution in [0.3, 0.4) is 0 Å². The number of nitrogens with zero attached hydrogens (tertiary/aromatic N) is 1. The molecular formula is C19H18FN3O6S. The lowest BCUT2D eigenvalue weighted by molar-refractivity contribution is -0.130. The maximum absolute atomic E-state index is 13.4. The zero-order chi connectivity index (χ0) is 21.9. The van der Waals surface area contributed by atoms with Gasteiger partial charge in [0.15, 0.2) is 6.61 Å². The fraction of sp³-hybridized carbons (Fsp3) is 0.211. The van der Waals surface area contributed by atoms with Gasteiger partial charge in [-0.2, -0.15) is 0 Å². The second kappa shape index (κ2) is 8.49. The molecule has 2 aromatic rings. The molecule has 0 atom stereocenters. The van der Waals surface area contributed by atoms with Crippen molar-refractivity contribution in [3.8, 4) is 0 Å². The third kappa shape index (κ3) is 4.57. The average Bonchev–Trinajstić information content (AvgIpc) is 3.14. The molecule has 0 aromatic heterocycles. The zero-order valence-corrected chi connectivity index (χ0v) is 16.7. The number of esters is 1. The molecule has 1 aliphatic heterocycles. The lowest BCUT2D eigenvalue weighted by Gasteiger charge is -2.14. The molecule has 1 aliphatic rings. The van der Waals surface area contributed by atoms with Crippen LogP contribution in [0.4, 0.5) is 14.9 Å². The number of para-hydroxylation sites is 1. The molecule has 9 nitrogen and oxygen atoms in total. The number of carbonyl (C=O) groups is 3. The third-order valence-corrected chi connectivity index (χ3v) is 5.68. The lowest BCUT2D eigenvalue weighted by atomic mass is 10.2. The number of anilines is 1. The highest BCUT2D eigenvalue weighted by molar-refractivity contribution is 7.92. The molecule has 0 aliphatic carbocycles. The Morgan fingerprint density at radius 2 is 1.97 bits per heavy atom. The summed E-state index contributed by atoms with van der Waals surface area (Å²) in [6.45, 7) is 1.23. The van der Waals surface area contributed by atoms with Crippen molar-refractivity contribution in [2.75, 3.05) is 24.4 Å². The minimum absolute atomic E-state index is 0.0733. The van der Waals surface area contributed by atoms with Gasteiger partial charge in [0.2, 0.25) is 0 Å². The topological polar surface area (TPSA) is 122 Å². The summed E-state index contributed by atoms with van der Waals surface area (Å²) in [5, 5.41) is 2.45. The molecule has 30 heavy (non-hydrogen) atoms. The van der Waals surface area contributed by atoms with Crippen LogP contribution in [0.15, 0.2) is 47.4 Å². The first-order valence-corrected chi connectivity index (χ1v) is 10.3. The Kier molecular flexibility index (Phi) is 6.01. The smallest absolute Gasteiger partial charge is 0.340 e. The zero-order valence-electron chi connectivity index (χ0n) is 15.8. The van der Waals surface area contributed by atoms with Gasteiger partial charge in [0.05, 0.1) is 16.1 Å². The number of urea groups is 1. The maximum atomic E-state index is 13.4. The fourth-order valence-corrected chi connectivity index (χ4v) is 3.90. The van der Waals surface area contributed by atoms with Crippen LogP contribution in [0.1, 0.15) is 15.9 Å². The summed E-state index contributed by atoms with van der Waals surface area (Å²) in [7, 11) is -4.11. The maximum Gasteiger partial charge on any atom is 0.340 e. The van der Waals surface area contributed by atoms with Gasteiger partial charge in [-0.1, -0.05) is 12.1 Å². The van der Waals surface area contributed by atoms with Gasteiger partial charge in [0, 0.05) is 13.1 Å². The Morgan fingerprint density at radius 3 is 2.63 bits per heavy atom. The standard InChI is InChI=1S/C19H18FN3O6S/c1-12-10-13(6-7-15(12)20)30(27,28)22-16-5-3-2-4-14(16)18(25)29-11-17(24)23-9-8-21-19(23)26/h2-7,10,22H,8-9,11H2,1H3,(H,21,26). The predicted molar refractivity (Wildman–Crippen MR) is 104 cm³/mol. The molecular weight excluding hydrogens is 417 g/mol. The number of nitrogens with one attached hydrogen (secondary N) is 2. The van der Waals surface area contributed by atoms with Gasteiger partial charge in [0.25, 0.3) is 15.9 Å². The summed E-state index contributed by atoms with van der Waals surface area (Å²) >= 11 is 0. The van der Waals surface area contributed by atoms with E-state index in [1.54, 1.807) is 0 Å². The molecule has 0 radical (unpaired) electrons. The first-order chi connectivity index (χ1) is 14.2. The molecule has 0 bridgehead atoms. The van der Waals surface area contributed by atoms with Crippen molar-refractivity contribution < 1.29 is 31.9 Å². The van der Waals surface area contributed by atoms with Gasteiger partial charge in [0.1, 0.15) is 5.82 Å². The van der Waals surface area contributed by atoms with Gasteiger partial charge in [-0.05, 0) is 42.8 Å². The third-order valence-electron chi connectivity index (χ3n) is 4.32. The SMILES string of the molecule is Cc1cc(S(=O)(=O)Nc2ccccc2C(=O)OCC(=O)N2CCNC2=O)ccc1F. The number of aryl methyl sites for hydroxylation is 1. The number of rotatable bonds is 6. The van der Waals surface area contributed by atoms with Crippen molar-refractivity contribution in [2.45, 2.75) is 11.8 Å². The normalized spacial score (nSPS) is 13.7. The number of hydrogen-bond donors (Lipinski definition) is 2. The molecule has 3 amide bonds. The minimum atomic E-state index is -4.11. The van der Waals surface area contributed by atoms with E-state index < -0.39 is 40.4 Å². The lowest BCUT2D eigenvalue weighted by Crippen LogP contribution is -2.37. The summed E-state index contributed by atoms with van der Waals surface area (Å²) in [5.74, 6) is -2.19. The quantitative estimate of drug-likeness (QED) is 0.666. The summed E-state index contributed by atoms with van der Waals surface area (Å²) in [5.41, 5.74) is -0.0514. The van der Waals surface area contributed by atoms with E-state index in [4.69, 9.17) is 4.74 Å². The van der Waals surface area contributed by atoms with E-state index in [2.05, 4.69) is 10.0 Å². The first-order valence-electron chi connectivity index (χ1n) is 8.82. The minimum Gasteiger partial charge on any atom is -0.452 e. The highest BCUT2D eigenvalue weighted by Crippen LogP contribution is 2.22. The molecule has 2 aromatic carbocycles. The molecule has 11 heteroatoms. The van der Waals surface area contributed by atoms with Crippen LogP contribution in [0, 0.1) is 12.7 Å². The summed E-state index contributed by atoms with van der Waals surface area (Å²) < 4.78 is 45.9. The first kappa shape index (κ1) is 21.2. The monoisotopic (exact) mass is 435 g/mol. The van der Waals surface area contributed by atoms with E-state index in [-0.39, 0.29) is 28.3 Å². The molecule has 1 fully saturated rings. The average molecular weight is 435 g/mol. The van der Waals surface area contributed by atoms with Crippen LogP contribution in [-0.4, -0.2) is 50.9 Å². The molecule has 1 heterocycles. The Balaban J connectivity index is 1.75. The number of benzene rings is 2. The molecule has 2 N–H and O–H groups in total. The number of hydrogen-bond acceptors (Lipinski definition) is 6. The number of ether oxygens (including phenoxy) is 1. The summed E-state index contributed by atoms with van der Waals surface area (Å²) in [6, 6.07) is 8.40. The number of carbonyl (C=O) groups excluding carboxylic acids is 3. The van der Waals surface area contributed by atoms with Crippen LogP contribution in [-0.2, 0) is 19.6 Å². The van der Waals surface area contributed by atoms with E-state index in [9.17, 15) is 27.2 Å². The molecule has 158 valence electrons. The highest BCUT2D eigenvalue weighted by atomic mass is 32.2. The Morgan fingerprint density at radius 1 is 1.23 bits per heavy atom. The van der Waals surface area contributed by atoms with Crippen LogP contribution in [0.25, 0.3) is 0 Å². The van der Waals surface area contributed by atoms with E-state index in [0.717, 1.165) is 17.0 Å². The van der Waals surface area contributed by atoms with Gasteiger partial charge in [-0.3, -0.25) is 14.4 Å². The Bertz CT molecular complexity index is 1120. The van der Waals surface area contributed by atoms with Crippen molar-refractivity contribution in [1.82, 2.24) is 10.2 Å².